The molecule has 1 N–H and O–H groups in total. The molecule has 8 nitrogen and oxygen atoms in total. The molecule has 0 fully saturated rings. The van der Waals surface area contributed by atoms with Crippen molar-refractivity contribution in [3.8, 4) is 5.75 Å². The number of hydrogen-bond donors (Lipinski definition) is 1. The van der Waals surface area contributed by atoms with Gasteiger partial charge < -0.3 is 14.7 Å². The lowest BCUT2D eigenvalue weighted by Crippen LogP contribution is -2.28. The molecule has 0 spiro atoms. The standard InChI is InChI=1S/C32H48FNO7S/c1-8-26(24(6)34-41-22(3)4)32(37)27(14-12-13-23(5)19-20-42(38,39)9-2)29(35)15-10-11-16-30(36)28-21-25(33)17-18-31(28)40-7/h8,17-23,27,30,36H,9-16H2,1-7H3/b20-19+,26-8-,34-24+/t23-,27?,30?/m0/s1. The van der Waals surface area contributed by atoms with Gasteiger partial charge in [0, 0.05) is 23.0 Å². The summed E-state index contributed by atoms with van der Waals surface area (Å²) in [4.78, 5) is 32.3. The van der Waals surface area contributed by atoms with E-state index in [0.29, 0.717) is 61.1 Å². The third kappa shape index (κ3) is 13.0. The molecule has 1 aromatic rings. The molecule has 1 aromatic carbocycles. The molecule has 0 aromatic heterocycles. The summed E-state index contributed by atoms with van der Waals surface area (Å²) < 4.78 is 42.5. The Morgan fingerprint density at radius 3 is 2.38 bits per heavy atom. The Labute approximate surface area is 251 Å². The van der Waals surface area contributed by atoms with Crippen molar-refractivity contribution in [1.82, 2.24) is 0 Å². The number of allylic oxidation sites excluding steroid dienone is 3. The zero-order chi connectivity index (χ0) is 31.9. The van der Waals surface area contributed by atoms with Crippen LogP contribution < -0.4 is 4.74 Å². The molecule has 1 rings (SSSR count). The Hall–Kier alpha value is -2.85. The van der Waals surface area contributed by atoms with Gasteiger partial charge in [-0.25, -0.2) is 12.8 Å². The quantitative estimate of drug-likeness (QED) is 0.0575. The van der Waals surface area contributed by atoms with Gasteiger partial charge in [-0.15, -0.1) is 0 Å². The van der Waals surface area contributed by atoms with Crippen molar-refractivity contribution >= 4 is 27.1 Å². The molecular formula is C32H48FNO7S. The van der Waals surface area contributed by atoms with Crippen LogP contribution in [0.3, 0.4) is 0 Å². The number of unbranched alkanes of at least 4 members (excludes halogenated alkanes) is 1. The van der Waals surface area contributed by atoms with E-state index in [1.54, 1.807) is 32.9 Å². The maximum atomic E-state index is 13.7. The predicted molar refractivity (Wildman–Crippen MR) is 165 cm³/mol. The maximum absolute atomic E-state index is 13.7. The van der Waals surface area contributed by atoms with Crippen molar-refractivity contribution in [2.75, 3.05) is 12.9 Å². The Balaban J connectivity index is 2.95. The molecule has 3 atom stereocenters. The van der Waals surface area contributed by atoms with Crippen molar-refractivity contribution in [3.05, 3.63) is 52.7 Å². The number of oxime groups is 1. The first-order valence-corrected chi connectivity index (χ1v) is 16.3. The van der Waals surface area contributed by atoms with Crippen molar-refractivity contribution in [3.63, 3.8) is 0 Å². The van der Waals surface area contributed by atoms with Gasteiger partial charge in [-0.3, -0.25) is 9.59 Å². The fourth-order valence-corrected chi connectivity index (χ4v) is 5.11. The number of methoxy groups -OCH3 is 1. The molecular weight excluding hydrogens is 561 g/mol. The average molecular weight is 610 g/mol. The van der Waals surface area contributed by atoms with Gasteiger partial charge in [0.2, 0.25) is 0 Å². The third-order valence-electron chi connectivity index (χ3n) is 6.92. The summed E-state index contributed by atoms with van der Waals surface area (Å²) in [7, 11) is -1.78. The van der Waals surface area contributed by atoms with Gasteiger partial charge in [-0.2, -0.15) is 0 Å². The predicted octanol–water partition coefficient (Wildman–Crippen LogP) is 6.68. The molecule has 0 saturated carbocycles. The van der Waals surface area contributed by atoms with E-state index in [2.05, 4.69) is 5.16 Å². The highest BCUT2D eigenvalue weighted by atomic mass is 32.2. The highest BCUT2D eigenvalue weighted by molar-refractivity contribution is 7.94. The third-order valence-corrected chi connectivity index (χ3v) is 8.30. The van der Waals surface area contributed by atoms with Gasteiger partial charge in [0.15, 0.2) is 15.6 Å². The Bertz CT molecular complexity index is 1220. The van der Waals surface area contributed by atoms with Crippen LogP contribution in [-0.2, 0) is 24.3 Å². The number of Topliss-reactive ketones (excluding diaryl/α,β-unsaturated/α-hetero) is 2. The number of hydrogen-bond acceptors (Lipinski definition) is 8. The topological polar surface area (TPSA) is 119 Å². The highest BCUT2D eigenvalue weighted by Gasteiger charge is 2.29. The fourth-order valence-electron chi connectivity index (χ4n) is 4.41. The molecule has 2 unspecified atom stereocenters. The van der Waals surface area contributed by atoms with Crippen molar-refractivity contribution in [1.29, 1.82) is 0 Å². The number of carbonyl (C=O) groups is 2. The van der Waals surface area contributed by atoms with Gasteiger partial charge in [0.25, 0.3) is 0 Å². The second-order valence-corrected chi connectivity index (χ2v) is 12.9. The SMILES string of the molecule is C/C=C(C(=O)C(CCC[C@H](C)/C=C/S(=O)(=O)CC)C(=O)CCCCC(O)c1cc(F)ccc1OC)/C(C)=N/OC(C)C. The van der Waals surface area contributed by atoms with Gasteiger partial charge in [-0.1, -0.05) is 44.0 Å². The van der Waals surface area contributed by atoms with Gasteiger partial charge >= 0.3 is 0 Å². The van der Waals surface area contributed by atoms with Crippen LogP contribution in [0, 0.1) is 17.7 Å². The molecule has 0 aliphatic heterocycles. The summed E-state index contributed by atoms with van der Waals surface area (Å²) in [6.07, 6.45) is 5.01. The molecule has 0 amide bonds. The summed E-state index contributed by atoms with van der Waals surface area (Å²) in [5.74, 6) is -1.51. The van der Waals surface area contributed by atoms with E-state index in [9.17, 15) is 27.5 Å². The highest BCUT2D eigenvalue weighted by Crippen LogP contribution is 2.30. The number of aliphatic hydroxyl groups is 1. The van der Waals surface area contributed by atoms with E-state index in [-0.39, 0.29) is 35.8 Å². The van der Waals surface area contributed by atoms with Crippen LogP contribution in [-0.4, -0.2) is 49.8 Å². The molecule has 0 bridgehead atoms. The number of benzene rings is 1. The summed E-state index contributed by atoms with van der Waals surface area (Å²) in [5.41, 5.74) is 1.06. The van der Waals surface area contributed by atoms with Crippen molar-refractivity contribution in [2.24, 2.45) is 17.0 Å². The van der Waals surface area contributed by atoms with Crippen molar-refractivity contribution in [2.45, 2.75) is 98.7 Å². The van der Waals surface area contributed by atoms with E-state index < -0.39 is 27.7 Å². The van der Waals surface area contributed by atoms with Crippen LogP contribution >= 0.6 is 0 Å². The molecule has 10 heteroatoms. The Kier molecular flexibility index (Phi) is 16.5. The number of nitrogens with zero attached hydrogens (tertiary/aromatic N) is 1. The van der Waals surface area contributed by atoms with E-state index in [1.165, 1.54) is 30.7 Å². The fraction of sp³-hybridized carbons (Fsp3) is 0.594. The molecule has 236 valence electrons. The molecule has 0 radical (unpaired) electrons. The minimum Gasteiger partial charge on any atom is -0.496 e. The number of sulfone groups is 1. The summed E-state index contributed by atoms with van der Waals surface area (Å²) in [6.45, 7) is 10.5. The van der Waals surface area contributed by atoms with Crippen LogP contribution in [0.1, 0.15) is 98.2 Å². The molecule has 0 saturated heterocycles. The van der Waals surface area contributed by atoms with Crippen molar-refractivity contribution < 1.29 is 37.1 Å². The number of aliphatic hydroxyl groups excluding tert-OH is 1. The van der Waals surface area contributed by atoms with E-state index in [0.717, 1.165) is 0 Å². The lowest BCUT2D eigenvalue weighted by atomic mass is 9.84. The second kappa shape index (κ2) is 18.6. The van der Waals surface area contributed by atoms with Gasteiger partial charge in [0.05, 0.1) is 30.6 Å². The normalized spacial score (nSPS) is 15.1. The number of ketones is 2. The van der Waals surface area contributed by atoms with Crippen LogP contribution in [0.5, 0.6) is 5.75 Å². The van der Waals surface area contributed by atoms with E-state index >= 15 is 0 Å². The Morgan fingerprint density at radius 2 is 1.79 bits per heavy atom. The van der Waals surface area contributed by atoms with Crippen LogP contribution in [0.4, 0.5) is 4.39 Å². The molecule has 0 aliphatic rings. The number of carbonyl (C=O) groups excluding carboxylic acids is 2. The second-order valence-electron chi connectivity index (χ2n) is 10.8. The lowest BCUT2D eigenvalue weighted by Gasteiger charge is -2.18. The number of ether oxygens (including phenoxy) is 1. The zero-order valence-corrected chi connectivity index (χ0v) is 26.9. The van der Waals surface area contributed by atoms with Crippen LogP contribution in [0.25, 0.3) is 0 Å². The smallest absolute Gasteiger partial charge is 0.174 e. The first-order chi connectivity index (χ1) is 19.8. The summed E-state index contributed by atoms with van der Waals surface area (Å²) >= 11 is 0. The zero-order valence-electron chi connectivity index (χ0n) is 26.1. The maximum Gasteiger partial charge on any atom is 0.174 e. The summed E-state index contributed by atoms with van der Waals surface area (Å²) in [5, 5.41) is 15.9. The Morgan fingerprint density at radius 1 is 1.10 bits per heavy atom. The molecule has 0 aliphatic carbocycles. The van der Waals surface area contributed by atoms with Gasteiger partial charge in [0.1, 0.15) is 23.5 Å². The number of rotatable bonds is 20. The largest absolute Gasteiger partial charge is 0.496 e. The van der Waals surface area contributed by atoms with E-state index in [4.69, 9.17) is 9.57 Å². The minimum absolute atomic E-state index is 0.0294. The lowest BCUT2D eigenvalue weighted by molar-refractivity contribution is -0.131. The monoisotopic (exact) mass is 609 g/mol. The van der Waals surface area contributed by atoms with Crippen LogP contribution in [0.2, 0.25) is 0 Å². The first-order valence-electron chi connectivity index (χ1n) is 14.6. The minimum atomic E-state index is -3.23. The molecule has 42 heavy (non-hydrogen) atoms. The molecule has 0 heterocycles. The average Bonchev–Trinajstić information content (AvgIpc) is 2.95. The number of halogens is 1. The van der Waals surface area contributed by atoms with Crippen LogP contribution in [0.15, 0.2) is 46.5 Å². The van der Waals surface area contributed by atoms with E-state index in [1.807, 2.05) is 20.8 Å². The van der Waals surface area contributed by atoms with Gasteiger partial charge in [-0.05, 0) is 77.5 Å². The first kappa shape index (κ1) is 37.2. The summed E-state index contributed by atoms with van der Waals surface area (Å²) in [6, 6.07) is 3.96.